The minimum atomic E-state index is -1.05. The van der Waals surface area contributed by atoms with Gasteiger partial charge in [0, 0.05) is 12.4 Å². The van der Waals surface area contributed by atoms with Gasteiger partial charge in [0.05, 0.1) is 12.0 Å². The lowest BCUT2D eigenvalue weighted by molar-refractivity contribution is -0.151. The molecule has 2 heterocycles. The van der Waals surface area contributed by atoms with Crippen molar-refractivity contribution in [1.29, 1.82) is 0 Å². The van der Waals surface area contributed by atoms with E-state index in [1.54, 1.807) is 0 Å². The maximum absolute atomic E-state index is 12.5. The number of thioether (sulfide) groups is 1. The number of nitrogens with zero attached hydrogens (tertiary/aromatic N) is 1. The second kappa shape index (κ2) is 5.07. The second-order valence-electron chi connectivity index (χ2n) is 4.72. The summed E-state index contributed by atoms with van der Waals surface area (Å²) in [6.45, 7) is 2.57. The fourth-order valence-electron chi connectivity index (χ4n) is 2.35. The number of aliphatic carboxylic acids is 1. The van der Waals surface area contributed by atoms with E-state index in [1.807, 2.05) is 6.92 Å². The molecule has 3 atom stereocenters. The van der Waals surface area contributed by atoms with Crippen molar-refractivity contribution < 1.29 is 19.4 Å². The number of ether oxygens (including phenoxy) is 1. The Morgan fingerprint density at radius 1 is 1.61 bits per heavy atom. The first-order chi connectivity index (χ1) is 8.49. The molecule has 0 aromatic rings. The van der Waals surface area contributed by atoms with Crippen molar-refractivity contribution in [3.63, 3.8) is 0 Å². The highest BCUT2D eigenvalue weighted by Crippen LogP contribution is 2.34. The number of amides is 1. The molecule has 1 amide bonds. The van der Waals surface area contributed by atoms with Crippen LogP contribution in [0, 0.1) is 0 Å². The molecule has 0 bridgehead atoms. The Kier molecular flexibility index (Phi) is 3.84. The zero-order valence-electron chi connectivity index (χ0n) is 10.3. The van der Waals surface area contributed by atoms with Crippen LogP contribution in [0.2, 0.25) is 0 Å². The van der Waals surface area contributed by atoms with Gasteiger partial charge in [0.1, 0.15) is 11.6 Å². The Hall–Kier alpha value is -0.790. The highest BCUT2D eigenvalue weighted by atomic mass is 32.2. The fourth-order valence-corrected chi connectivity index (χ4v) is 3.69. The van der Waals surface area contributed by atoms with Crippen LogP contribution in [0.15, 0.2) is 0 Å². The Morgan fingerprint density at radius 3 is 2.83 bits per heavy atom. The fraction of sp³-hybridized carbons (Fsp3) is 0.818. The van der Waals surface area contributed by atoms with E-state index in [2.05, 4.69) is 0 Å². The lowest BCUT2D eigenvalue weighted by Crippen LogP contribution is -2.60. The molecule has 3 unspecified atom stereocenters. The van der Waals surface area contributed by atoms with Crippen molar-refractivity contribution in [1.82, 2.24) is 4.90 Å². The van der Waals surface area contributed by atoms with Crippen molar-refractivity contribution in [2.24, 2.45) is 5.73 Å². The molecule has 2 saturated heterocycles. The summed E-state index contributed by atoms with van der Waals surface area (Å²) in [5.74, 6) is -0.824. The van der Waals surface area contributed by atoms with E-state index in [4.69, 9.17) is 10.5 Å². The minimum Gasteiger partial charge on any atom is -0.480 e. The highest BCUT2D eigenvalue weighted by molar-refractivity contribution is 8.00. The van der Waals surface area contributed by atoms with Gasteiger partial charge < -0.3 is 20.5 Å². The number of hydrogen-bond donors (Lipinski definition) is 2. The van der Waals surface area contributed by atoms with Gasteiger partial charge in [-0.05, 0) is 12.8 Å². The first-order valence-electron chi connectivity index (χ1n) is 6.03. The third-order valence-corrected chi connectivity index (χ3v) is 4.89. The first kappa shape index (κ1) is 13.6. The molecule has 102 valence electrons. The predicted octanol–water partition coefficient (Wildman–Crippen LogP) is -0.131. The molecule has 0 saturated carbocycles. The smallest absolute Gasteiger partial charge is 0.327 e. The van der Waals surface area contributed by atoms with Crippen LogP contribution >= 0.6 is 11.8 Å². The van der Waals surface area contributed by atoms with Crippen molar-refractivity contribution in [3.8, 4) is 0 Å². The summed E-state index contributed by atoms with van der Waals surface area (Å²) in [7, 11) is 0. The van der Waals surface area contributed by atoms with Gasteiger partial charge in [-0.25, -0.2) is 4.79 Å². The number of carboxylic acids is 1. The molecule has 0 aliphatic carbocycles. The highest BCUT2D eigenvalue weighted by Gasteiger charge is 2.49. The van der Waals surface area contributed by atoms with Crippen LogP contribution in [0.1, 0.15) is 19.8 Å². The van der Waals surface area contributed by atoms with E-state index in [1.165, 1.54) is 16.7 Å². The molecule has 2 aliphatic heterocycles. The van der Waals surface area contributed by atoms with E-state index >= 15 is 0 Å². The van der Waals surface area contributed by atoms with Crippen molar-refractivity contribution in [2.45, 2.75) is 36.7 Å². The van der Waals surface area contributed by atoms with Crippen LogP contribution in [0.3, 0.4) is 0 Å². The number of rotatable bonds is 3. The molecular weight excluding hydrogens is 256 g/mol. The molecule has 2 fully saturated rings. The number of carbonyl (C=O) groups is 2. The van der Waals surface area contributed by atoms with Crippen LogP contribution < -0.4 is 5.73 Å². The van der Waals surface area contributed by atoms with Gasteiger partial charge >= 0.3 is 5.97 Å². The van der Waals surface area contributed by atoms with Crippen LogP contribution in [0.4, 0.5) is 0 Å². The van der Waals surface area contributed by atoms with Crippen LogP contribution in [0.25, 0.3) is 0 Å². The summed E-state index contributed by atoms with van der Waals surface area (Å²) in [4.78, 5) is 25.2. The van der Waals surface area contributed by atoms with Gasteiger partial charge in [-0.15, -0.1) is 11.8 Å². The summed E-state index contributed by atoms with van der Waals surface area (Å²) in [5, 5.41) is 9.10. The van der Waals surface area contributed by atoms with Gasteiger partial charge in [0.25, 0.3) is 0 Å². The molecule has 18 heavy (non-hydrogen) atoms. The average Bonchev–Trinajstić information content (AvgIpc) is 2.94. The zero-order chi connectivity index (χ0) is 13.3. The van der Waals surface area contributed by atoms with E-state index in [0.29, 0.717) is 18.8 Å². The van der Waals surface area contributed by atoms with E-state index in [0.717, 1.165) is 6.42 Å². The normalized spacial score (nSPS) is 36.0. The Bertz CT molecular complexity index is 357. The molecule has 0 radical (unpaired) electrons. The van der Waals surface area contributed by atoms with Crippen LogP contribution in [-0.2, 0) is 14.3 Å². The predicted molar refractivity (Wildman–Crippen MR) is 67.2 cm³/mol. The molecule has 0 aromatic carbocycles. The lowest BCUT2D eigenvalue weighted by Gasteiger charge is -2.33. The molecular formula is C11H18N2O4S. The molecule has 2 aliphatic rings. The number of carbonyl (C=O) groups excluding carboxylic acids is 1. The second-order valence-corrected chi connectivity index (χ2v) is 5.93. The minimum absolute atomic E-state index is 0.0976. The largest absolute Gasteiger partial charge is 0.480 e. The van der Waals surface area contributed by atoms with Crippen molar-refractivity contribution in [2.75, 3.05) is 19.0 Å². The first-order valence-corrected chi connectivity index (χ1v) is 7.08. The van der Waals surface area contributed by atoms with E-state index < -0.39 is 17.6 Å². The molecule has 0 spiro atoms. The number of nitrogens with two attached hydrogens (primary N) is 1. The quantitative estimate of drug-likeness (QED) is 0.744. The van der Waals surface area contributed by atoms with Gasteiger partial charge in [0.15, 0.2) is 0 Å². The topological polar surface area (TPSA) is 92.9 Å². The number of hydrogen-bond acceptors (Lipinski definition) is 5. The Balaban J connectivity index is 2.21. The molecule has 6 nitrogen and oxygen atoms in total. The van der Waals surface area contributed by atoms with E-state index in [9.17, 15) is 14.7 Å². The summed E-state index contributed by atoms with van der Waals surface area (Å²) in [6, 6.07) is -0.770. The maximum atomic E-state index is 12.5. The molecule has 3 N–H and O–H groups in total. The zero-order valence-corrected chi connectivity index (χ0v) is 11.1. The van der Waals surface area contributed by atoms with Crippen molar-refractivity contribution in [3.05, 3.63) is 0 Å². The maximum Gasteiger partial charge on any atom is 0.327 e. The third-order valence-electron chi connectivity index (χ3n) is 3.44. The SMILES string of the molecule is CCC1SCC(C(=O)O)N1C(=O)C1(N)CCOC1. The third kappa shape index (κ3) is 2.22. The average molecular weight is 274 g/mol. The van der Waals surface area contributed by atoms with Crippen LogP contribution in [0.5, 0.6) is 0 Å². The summed E-state index contributed by atoms with van der Waals surface area (Å²) >= 11 is 1.50. The molecule has 2 rings (SSSR count). The summed E-state index contributed by atoms with van der Waals surface area (Å²) in [6.07, 6.45) is 1.17. The number of carboxylic acid groups (broad SMARTS) is 1. The van der Waals surface area contributed by atoms with Gasteiger partial charge in [-0.1, -0.05) is 6.92 Å². The van der Waals surface area contributed by atoms with Gasteiger partial charge in [-0.2, -0.15) is 0 Å². The van der Waals surface area contributed by atoms with Gasteiger partial charge in [0.2, 0.25) is 5.91 Å². The van der Waals surface area contributed by atoms with E-state index in [-0.39, 0.29) is 17.9 Å². The molecule has 7 heteroatoms. The van der Waals surface area contributed by atoms with Crippen molar-refractivity contribution >= 4 is 23.6 Å². The monoisotopic (exact) mass is 274 g/mol. The summed E-state index contributed by atoms with van der Waals surface area (Å²) < 4.78 is 5.18. The standard InChI is InChI=1S/C11H18N2O4S/c1-2-8-13(7(5-18-8)9(14)15)10(16)11(12)3-4-17-6-11/h7-8H,2-6,12H2,1H3,(H,14,15). The van der Waals surface area contributed by atoms with Gasteiger partial charge in [-0.3, -0.25) is 4.79 Å². The molecule has 0 aromatic heterocycles. The lowest BCUT2D eigenvalue weighted by atomic mass is 9.97. The Morgan fingerprint density at radius 2 is 2.33 bits per heavy atom. The van der Waals surface area contributed by atoms with Crippen LogP contribution in [-0.4, -0.2) is 57.8 Å². The Labute approximate surface area is 110 Å². The summed E-state index contributed by atoms with van der Waals surface area (Å²) in [5.41, 5.74) is 4.99.